The molecule has 0 unspecified atom stereocenters. The maximum Gasteiger partial charge on any atom is 0.336 e. The maximum absolute atomic E-state index is 11.4. The van der Waals surface area contributed by atoms with Gasteiger partial charge in [-0.25, -0.2) is 4.79 Å². The van der Waals surface area contributed by atoms with E-state index in [-0.39, 0.29) is 5.63 Å². The summed E-state index contributed by atoms with van der Waals surface area (Å²) in [4.78, 5) is 16.8. The quantitative estimate of drug-likeness (QED) is 0.542. The Balaban J connectivity index is 1.88. The second-order valence-corrected chi connectivity index (χ2v) is 5.56. The van der Waals surface area contributed by atoms with Crippen molar-refractivity contribution in [3.63, 3.8) is 0 Å². The molecule has 0 radical (unpaired) electrons. The Hall–Kier alpha value is -2.07. The Morgan fingerprint density at radius 1 is 1.20 bits per heavy atom. The fraction of sp³-hybridized carbons (Fsp3) is 0.125. The minimum absolute atomic E-state index is 0.304. The molecule has 4 heteroatoms. The van der Waals surface area contributed by atoms with Gasteiger partial charge in [0.05, 0.1) is 5.69 Å². The Bertz CT molecular complexity index is 796. The van der Waals surface area contributed by atoms with E-state index in [2.05, 4.69) is 4.98 Å². The first-order chi connectivity index (χ1) is 9.72. The Morgan fingerprint density at radius 2 is 2.10 bits per heavy atom. The van der Waals surface area contributed by atoms with Crippen molar-refractivity contribution >= 4 is 22.7 Å². The molecule has 0 fully saturated rings. The van der Waals surface area contributed by atoms with E-state index in [0.717, 1.165) is 27.3 Å². The van der Waals surface area contributed by atoms with Crippen molar-refractivity contribution in [2.45, 2.75) is 17.6 Å². The van der Waals surface area contributed by atoms with Gasteiger partial charge in [-0.3, -0.25) is 4.98 Å². The van der Waals surface area contributed by atoms with E-state index in [0.29, 0.717) is 5.58 Å². The van der Waals surface area contributed by atoms with Crippen LogP contribution in [-0.2, 0) is 5.75 Å². The fourth-order valence-electron chi connectivity index (χ4n) is 2.04. The molecule has 20 heavy (non-hydrogen) atoms. The zero-order valence-electron chi connectivity index (χ0n) is 11.0. The lowest BCUT2D eigenvalue weighted by molar-refractivity contribution is 0.559. The average molecular weight is 283 g/mol. The van der Waals surface area contributed by atoms with Crippen LogP contribution in [0.4, 0.5) is 0 Å². The largest absolute Gasteiger partial charge is 0.423 e. The predicted molar refractivity (Wildman–Crippen MR) is 81.0 cm³/mol. The number of nitrogens with zero attached hydrogens (tertiary/aromatic N) is 1. The molecule has 2 aromatic heterocycles. The highest BCUT2D eigenvalue weighted by Gasteiger charge is 2.04. The molecule has 0 atom stereocenters. The molecule has 3 rings (SSSR count). The molecule has 0 amide bonds. The van der Waals surface area contributed by atoms with Crippen molar-refractivity contribution in [1.82, 2.24) is 4.98 Å². The summed E-state index contributed by atoms with van der Waals surface area (Å²) in [5.74, 6) is 0.794. The van der Waals surface area contributed by atoms with Crippen LogP contribution in [0.5, 0.6) is 0 Å². The predicted octanol–water partition coefficient (Wildman–Crippen LogP) is 3.79. The van der Waals surface area contributed by atoms with Gasteiger partial charge >= 0.3 is 5.63 Å². The molecule has 3 nitrogen and oxygen atoms in total. The molecular formula is C16H13NO2S. The lowest BCUT2D eigenvalue weighted by Gasteiger charge is -2.04. The molecule has 0 saturated heterocycles. The van der Waals surface area contributed by atoms with Crippen molar-refractivity contribution < 1.29 is 4.42 Å². The van der Waals surface area contributed by atoms with E-state index in [1.807, 2.05) is 43.3 Å². The van der Waals surface area contributed by atoms with Gasteiger partial charge in [0, 0.05) is 28.3 Å². The van der Waals surface area contributed by atoms with Crippen LogP contribution in [-0.4, -0.2) is 4.98 Å². The summed E-state index contributed by atoms with van der Waals surface area (Å²) < 4.78 is 5.25. The van der Waals surface area contributed by atoms with Gasteiger partial charge in [-0.1, -0.05) is 6.07 Å². The number of fused-ring (bicyclic) bond motifs is 1. The molecule has 0 aliphatic rings. The van der Waals surface area contributed by atoms with Gasteiger partial charge in [-0.05, 0) is 42.8 Å². The van der Waals surface area contributed by atoms with Crippen LogP contribution in [0, 0.1) is 6.92 Å². The molecule has 0 bridgehead atoms. The van der Waals surface area contributed by atoms with Crippen LogP contribution in [0.15, 0.2) is 62.8 Å². The van der Waals surface area contributed by atoms with Crippen LogP contribution >= 0.6 is 11.8 Å². The third kappa shape index (κ3) is 2.75. The number of hydrogen-bond acceptors (Lipinski definition) is 4. The Labute approximate surface area is 120 Å². The highest BCUT2D eigenvalue weighted by Crippen LogP contribution is 2.26. The highest BCUT2D eigenvalue weighted by atomic mass is 32.2. The first-order valence-electron chi connectivity index (χ1n) is 6.29. The van der Waals surface area contributed by atoms with E-state index < -0.39 is 0 Å². The number of benzene rings is 1. The zero-order valence-corrected chi connectivity index (χ0v) is 11.8. The van der Waals surface area contributed by atoms with Gasteiger partial charge in [-0.2, -0.15) is 0 Å². The van der Waals surface area contributed by atoms with E-state index >= 15 is 0 Å². The molecule has 0 aliphatic heterocycles. The molecule has 0 saturated carbocycles. The van der Waals surface area contributed by atoms with E-state index in [4.69, 9.17) is 4.42 Å². The first-order valence-corrected chi connectivity index (χ1v) is 7.28. The number of pyridine rings is 1. The van der Waals surface area contributed by atoms with Crippen LogP contribution in [0.1, 0.15) is 11.3 Å². The van der Waals surface area contributed by atoms with E-state index in [1.165, 1.54) is 6.07 Å². The third-order valence-electron chi connectivity index (χ3n) is 3.04. The fourth-order valence-corrected chi connectivity index (χ4v) is 2.88. The second kappa shape index (κ2) is 5.51. The van der Waals surface area contributed by atoms with Gasteiger partial charge in [0.15, 0.2) is 0 Å². The number of aryl methyl sites for hydroxylation is 1. The SMILES string of the molecule is Cc1cc(=O)oc2cc(SCc3ccccn3)ccc12. The zero-order chi connectivity index (χ0) is 13.9. The lowest BCUT2D eigenvalue weighted by Crippen LogP contribution is -1.97. The highest BCUT2D eigenvalue weighted by molar-refractivity contribution is 7.98. The summed E-state index contributed by atoms with van der Waals surface area (Å²) in [5.41, 5.74) is 2.31. The van der Waals surface area contributed by atoms with Gasteiger partial charge in [0.1, 0.15) is 5.58 Å². The van der Waals surface area contributed by atoms with E-state index in [1.54, 1.807) is 18.0 Å². The number of aromatic nitrogens is 1. The maximum atomic E-state index is 11.4. The minimum Gasteiger partial charge on any atom is -0.423 e. The third-order valence-corrected chi connectivity index (χ3v) is 4.06. The molecule has 0 aliphatic carbocycles. The van der Waals surface area contributed by atoms with Crippen molar-refractivity contribution in [3.8, 4) is 0 Å². The van der Waals surface area contributed by atoms with Crippen LogP contribution in [0.2, 0.25) is 0 Å². The number of rotatable bonds is 3. The summed E-state index contributed by atoms with van der Waals surface area (Å²) in [5, 5.41) is 0.979. The lowest BCUT2D eigenvalue weighted by atomic mass is 10.1. The summed E-state index contributed by atoms with van der Waals surface area (Å²) >= 11 is 1.68. The molecule has 100 valence electrons. The first kappa shape index (κ1) is 12.9. The molecule has 0 spiro atoms. The van der Waals surface area contributed by atoms with Crippen molar-refractivity contribution in [1.29, 1.82) is 0 Å². The topological polar surface area (TPSA) is 43.1 Å². The average Bonchev–Trinajstić information content (AvgIpc) is 2.45. The van der Waals surface area contributed by atoms with Crippen LogP contribution < -0.4 is 5.63 Å². The number of hydrogen-bond donors (Lipinski definition) is 0. The Kier molecular flexibility index (Phi) is 3.56. The normalized spacial score (nSPS) is 10.8. The number of thioether (sulfide) groups is 1. The molecule has 1 aromatic carbocycles. The molecular weight excluding hydrogens is 270 g/mol. The van der Waals surface area contributed by atoms with Crippen molar-refractivity contribution in [3.05, 3.63) is 70.3 Å². The van der Waals surface area contributed by atoms with Crippen molar-refractivity contribution in [2.75, 3.05) is 0 Å². The van der Waals surface area contributed by atoms with Gasteiger partial charge in [-0.15, -0.1) is 11.8 Å². The van der Waals surface area contributed by atoms with Gasteiger partial charge in [0.2, 0.25) is 0 Å². The smallest absolute Gasteiger partial charge is 0.336 e. The summed E-state index contributed by atoms with van der Waals surface area (Å²) in [6.07, 6.45) is 1.79. The molecule has 3 aromatic rings. The van der Waals surface area contributed by atoms with Crippen molar-refractivity contribution in [2.24, 2.45) is 0 Å². The Morgan fingerprint density at radius 3 is 2.90 bits per heavy atom. The summed E-state index contributed by atoms with van der Waals surface area (Å²) in [6.45, 7) is 1.92. The van der Waals surface area contributed by atoms with Crippen LogP contribution in [0.3, 0.4) is 0 Å². The summed E-state index contributed by atoms with van der Waals surface area (Å²) in [7, 11) is 0. The standard InChI is InChI=1S/C16H13NO2S/c1-11-8-16(18)19-15-9-13(5-6-14(11)15)20-10-12-4-2-3-7-17-12/h2-9H,10H2,1H3. The van der Waals surface area contributed by atoms with Crippen LogP contribution in [0.25, 0.3) is 11.0 Å². The molecule has 2 heterocycles. The molecule has 0 N–H and O–H groups in total. The van der Waals surface area contributed by atoms with Gasteiger partial charge < -0.3 is 4.42 Å². The van der Waals surface area contributed by atoms with E-state index in [9.17, 15) is 4.79 Å². The monoisotopic (exact) mass is 283 g/mol. The summed E-state index contributed by atoms with van der Waals surface area (Å²) in [6, 6.07) is 13.4. The second-order valence-electron chi connectivity index (χ2n) is 4.52. The minimum atomic E-state index is -0.304. The van der Waals surface area contributed by atoms with Gasteiger partial charge in [0.25, 0.3) is 0 Å².